The normalized spacial score (nSPS) is 16.7. The van der Waals surface area contributed by atoms with Crippen molar-refractivity contribution in [1.82, 2.24) is 10.3 Å². The van der Waals surface area contributed by atoms with Crippen LogP contribution >= 0.6 is 11.3 Å². The fraction of sp³-hybridized carbons (Fsp3) is 0.444. The van der Waals surface area contributed by atoms with Gasteiger partial charge in [0.15, 0.2) is 0 Å². The number of rotatable bonds is 4. The Morgan fingerprint density at radius 2 is 2.30 bits per heavy atom. The highest BCUT2D eigenvalue weighted by Gasteiger charge is 2.20. The Morgan fingerprint density at radius 3 is 3.09 bits per heavy atom. The monoisotopic (exact) mass is 329 g/mol. The van der Waals surface area contributed by atoms with Crippen LogP contribution in [0.5, 0.6) is 0 Å². The SMILES string of the molecule is CC1CCc2sc(C(=O)NCc3cccnc3N(C)C)cc2C1. The number of pyridine rings is 1. The van der Waals surface area contributed by atoms with Crippen molar-refractivity contribution in [3.05, 3.63) is 45.3 Å². The van der Waals surface area contributed by atoms with E-state index in [2.05, 4.69) is 23.3 Å². The van der Waals surface area contributed by atoms with Gasteiger partial charge in [-0.15, -0.1) is 11.3 Å². The summed E-state index contributed by atoms with van der Waals surface area (Å²) >= 11 is 1.65. The molecule has 4 nitrogen and oxygen atoms in total. The number of nitrogens with one attached hydrogen (secondary N) is 1. The number of amides is 1. The second-order valence-corrected chi connectivity index (χ2v) is 7.61. The zero-order valence-corrected chi connectivity index (χ0v) is 14.7. The molecule has 2 heterocycles. The Balaban J connectivity index is 1.69. The molecule has 0 aromatic carbocycles. The minimum absolute atomic E-state index is 0.0191. The molecule has 5 heteroatoms. The summed E-state index contributed by atoms with van der Waals surface area (Å²) in [5, 5.41) is 3.04. The van der Waals surface area contributed by atoms with Crippen LogP contribution in [0.3, 0.4) is 0 Å². The first-order valence-corrected chi connectivity index (χ1v) is 8.87. The molecule has 0 saturated carbocycles. The van der Waals surface area contributed by atoms with Gasteiger partial charge in [-0.25, -0.2) is 4.98 Å². The summed E-state index contributed by atoms with van der Waals surface area (Å²) in [6.45, 7) is 2.78. The predicted molar refractivity (Wildman–Crippen MR) is 95.2 cm³/mol. The third kappa shape index (κ3) is 3.55. The predicted octanol–water partition coefficient (Wildman–Crippen LogP) is 3.26. The van der Waals surface area contributed by atoms with Gasteiger partial charge in [0.2, 0.25) is 0 Å². The summed E-state index contributed by atoms with van der Waals surface area (Å²) in [5.74, 6) is 1.64. The first-order chi connectivity index (χ1) is 11.0. The molecule has 1 unspecified atom stereocenters. The Hall–Kier alpha value is -1.88. The largest absolute Gasteiger partial charge is 0.362 e. The van der Waals surface area contributed by atoms with Crippen LogP contribution in [0, 0.1) is 5.92 Å². The van der Waals surface area contributed by atoms with E-state index >= 15 is 0 Å². The molecule has 0 radical (unpaired) electrons. The molecule has 0 aliphatic heterocycles. The number of aryl methyl sites for hydroxylation is 1. The van der Waals surface area contributed by atoms with Crippen LogP contribution in [0.4, 0.5) is 5.82 Å². The van der Waals surface area contributed by atoms with Crippen LogP contribution in [-0.4, -0.2) is 25.0 Å². The second kappa shape index (κ2) is 6.71. The molecule has 23 heavy (non-hydrogen) atoms. The first kappa shape index (κ1) is 16.0. The van der Waals surface area contributed by atoms with Crippen molar-refractivity contribution in [3.63, 3.8) is 0 Å². The smallest absolute Gasteiger partial charge is 0.261 e. The highest BCUT2D eigenvalue weighted by molar-refractivity contribution is 7.14. The maximum Gasteiger partial charge on any atom is 0.261 e. The van der Waals surface area contributed by atoms with E-state index in [0.717, 1.165) is 35.0 Å². The minimum Gasteiger partial charge on any atom is -0.362 e. The number of nitrogens with zero attached hydrogens (tertiary/aromatic N) is 2. The van der Waals surface area contributed by atoms with Gasteiger partial charge in [0.05, 0.1) is 4.88 Å². The summed E-state index contributed by atoms with van der Waals surface area (Å²) in [4.78, 5) is 21.0. The fourth-order valence-corrected chi connectivity index (χ4v) is 4.18. The molecule has 1 aliphatic carbocycles. The van der Waals surface area contributed by atoms with E-state index in [0.29, 0.717) is 6.54 Å². The minimum atomic E-state index is 0.0191. The number of thiophene rings is 1. The van der Waals surface area contributed by atoms with E-state index in [1.807, 2.05) is 31.1 Å². The van der Waals surface area contributed by atoms with Crippen molar-refractivity contribution < 1.29 is 4.79 Å². The second-order valence-electron chi connectivity index (χ2n) is 6.47. The van der Waals surface area contributed by atoms with Crippen LogP contribution in [-0.2, 0) is 19.4 Å². The molecular weight excluding hydrogens is 306 g/mol. The topological polar surface area (TPSA) is 45.2 Å². The highest BCUT2D eigenvalue weighted by atomic mass is 32.1. The Morgan fingerprint density at radius 1 is 1.48 bits per heavy atom. The maximum absolute atomic E-state index is 12.5. The van der Waals surface area contributed by atoms with E-state index in [-0.39, 0.29) is 5.91 Å². The zero-order chi connectivity index (χ0) is 16.4. The van der Waals surface area contributed by atoms with E-state index in [4.69, 9.17) is 0 Å². The van der Waals surface area contributed by atoms with Gasteiger partial charge in [0.25, 0.3) is 5.91 Å². The zero-order valence-electron chi connectivity index (χ0n) is 13.9. The summed E-state index contributed by atoms with van der Waals surface area (Å²) < 4.78 is 0. The number of aromatic nitrogens is 1. The molecule has 2 aromatic rings. The summed E-state index contributed by atoms with van der Waals surface area (Å²) in [6, 6.07) is 5.99. The third-order valence-electron chi connectivity index (χ3n) is 4.28. The Kier molecular flexibility index (Phi) is 4.66. The molecule has 0 spiro atoms. The van der Waals surface area contributed by atoms with Gasteiger partial charge < -0.3 is 10.2 Å². The van der Waals surface area contributed by atoms with Gasteiger partial charge in [0.1, 0.15) is 5.82 Å². The van der Waals surface area contributed by atoms with Crippen LogP contribution in [0.15, 0.2) is 24.4 Å². The van der Waals surface area contributed by atoms with Gasteiger partial charge >= 0.3 is 0 Å². The van der Waals surface area contributed by atoms with E-state index in [1.165, 1.54) is 16.9 Å². The molecular formula is C18H23N3OS. The summed E-state index contributed by atoms with van der Waals surface area (Å²) in [7, 11) is 3.92. The van der Waals surface area contributed by atoms with Gasteiger partial charge in [-0.2, -0.15) is 0 Å². The lowest BCUT2D eigenvalue weighted by molar-refractivity contribution is 0.0955. The van der Waals surface area contributed by atoms with E-state index in [1.54, 1.807) is 17.5 Å². The van der Waals surface area contributed by atoms with Crippen molar-refractivity contribution >= 4 is 23.1 Å². The Bertz CT molecular complexity index is 708. The van der Waals surface area contributed by atoms with Crippen molar-refractivity contribution in [1.29, 1.82) is 0 Å². The molecule has 0 saturated heterocycles. The molecule has 1 atom stereocenters. The van der Waals surface area contributed by atoms with Crippen LogP contribution in [0.1, 0.15) is 39.0 Å². The maximum atomic E-state index is 12.5. The molecule has 1 amide bonds. The lowest BCUT2D eigenvalue weighted by Crippen LogP contribution is -2.24. The number of carbonyl (C=O) groups excluding carboxylic acids is 1. The van der Waals surface area contributed by atoms with Crippen LogP contribution in [0.2, 0.25) is 0 Å². The Labute approximate surface area is 141 Å². The van der Waals surface area contributed by atoms with E-state index in [9.17, 15) is 4.79 Å². The van der Waals surface area contributed by atoms with Gasteiger partial charge in [-0.05, 0) is 42.9 Å². The van der Waals surface area contributed by atoms with Crippen molar-refractivity contribution in [3.8, 4) is 0 Å². The summed E-state index contributed by atoms with van der Waals surface area (Å²) in [5.41, 5.74) is 2.40. The molecule has 122 valence electrons. The molecule has 1 N–H and O–H groups in total. The molecule has 3 rings (SSSR count). The van der Waals surface area contributed by atoms with Crippen LogP contribution < -0.4 is 10.2 Å². The van der Waals surface area contributed by atoms with Crippen LogP contribution in [0.25, 0.3) is 0 Å². The average molecular weight is 329 g/mol. The lowest BCUT2D eigenvalue weighted by atomic mass is 9.90. The van der Waals surface area contributed by atoms with Gasteiger partial charge in [0, 0.05) is 37.3 Å². The average Bonchev–Trinajstić information content (AvgIpc) is 2.95. The molecule has 0 bridgehead atoms. The van der Waals surface area contributed by atoms with Crippen molar-refractivity contribution in [2.45, 2.75) is 32.7 Å². The number of carbonyl (C=O) groups is 1. The van der Waals surface area contributed by atoms with Crippen molar-refractivity contribution in [2.75, 3.05) is 19.0 Å². The molecule has 0 fully saturated rings. The highest BCUT2D eigenvalue weighted by Crippen LogP contribution is 2.32. The van der Waals surface area contributed by atoms with Crippen molar-refractivity contribution in [2.24, 2.45) is 5.92 Å². The first-order valence-electron chi connectivity index (χ1n) is 8.05. The molecule has 2 aromatic heterocycles. The molecule has 1 aliphatic rings. The summed E-state index contributed by atoms with van der Waals surface area (Å²) in [6.07, 6.45) is 5.22. The number of hydrogen-bond donors (Lipinski definition) is 1. The third-order valence-corrected chi connectivity index (χ3v) is 5.52. The van der Waals surface area contributed by atoms with E-state index < -0.39 is 0 Å². The van der Waals surface area contributed by atoms with Gasteiger partial charge in [-0.3, -0.25) is 4.79 Å². The quantitative estimate of drug-likeness (QED) is 0.936. The standard InChI is InChI=1S/C18H23N3OS/c1-12-6-7-15-14(9-12)10-16(23-15)18(22)20-11-13-5-4-8-19-17(13)21(2)3/h4-5,8,10,12H,6-7,9,11H2,1-3H3,(H,20,22). The lowest BCUT2D eigenvalue weighted by Gasteiger charge is -2.16. The number of hydrogen-bond acceptors (Lipinski definition) is 4. The number of fused-ring (bicyclic) bond motifs is 1. The number of anilines is 1. The fourth-order valence-electron chi connectivity index (χ4n) is 3.05. The van der Waals surface area contributed by atoms with Gasteiger partial charge in [-0.1, -0.05) is 13.0 Å².